The van der Waals surface area contributed by atoms with Crippen molar-refractivity contribution in [3.05, 3.63) is 66.0 Å². The fourth-order valence-electron chi connectivity index (χ4n) is 1.90. The minimum atomic E-state index is 0.432. The highest BCUT2D eigenvalue weighted by atomic mass is 16.5. The maximum atomic E-state index is 9.01. The molecule has 6 heteroatoms. The van der Waals surface area contributed by atoms with Crippen molar-refractivity contribution in [3.8, 4) is 17.5 Å². The van der Waals surface area contributed by atoms with E-state index in [-0.39, 0.29) is 0 Å². The molecule has 0 saturated heterocycles. The van der Waals surface area contributed by atoms with Crippen LogP contribution in [0.5, 0.6) is 5.75 Å². The average molecular weight is 277 g/mol. The van der Waals surface area contributed by atoms with Crippen molar-refractivity contribution in [1.29, 1.82) is 5.26 Å². The summed E-state index contributed by atoms with van der Waals surface area (Å²) < 4.78 is 7.29. The normalized spacial score (nSPS) is 10.0. The molecule has 0 radical (unpaired) electrons. The van der Waals surface area contributed by atoms with E-state index < -0.39 is 0 Å². The fraction of sp³-hybridized carbons (Fsp3) is 0.0667. The Bertz CT molecular complexity index is 763. The minimum absolute atomic E-state index is 0.432. The molecule has 3 aromatic rings. The SMILES string of the molecule is N#Cc1ccc(OCc2ccccc2)c(-n2cnnn2)c1. The Hall–Kier alpha value is -3.20. The van der Waals surface area contributed by atoms with Gasteiger partial charge in [-0.25, -0.2) is 0 Å². The first-order valence-corrected chi connectivity index (χ1v) is 6.31. The highest BCUT2D eigenvalue weighted by molar-refractivity contribution is 5.51. The van der Waals surface area contributed by atoms with Crippen LogP contribution in [0.25, 0.3) is 5.69 Å². The molecule has 0 atom stereocenters. The summed E-state index contributed by atoms with van der Waals surface area (Å²) in [4.78, 5) is 0. The monoisotopic (exact) mass is 277 g/mol. The molecule has 0 aliphatic rings. The predicted molar refractivity (Wildman–Crippen MR) is 74.6 cm³/mol. The van der Waals surface area contributed by atoms with Crippen molar-refractivity contribution in [1.82, 2.24) is 20.2 Å². The number of hydrogen-bond donors (Lipinski definition) is 0. The van der Waals surface area contributed by atoms with Crippen LogP contribution in [0.2, 0.25) is 0 Å². The Balaban J connectivity index is 1.89. The molecule has 2 aromatic carbocycles. The topological polar surface area (TPSA) is 76.6 Å². The van der Waals surface area contributed by atoms with Crippen molar-refractivity contribution in [3.63, 3.8) is 0 Å². The van der Waals surface area contributed by atoms with Gasteiger partial charge in [-0.2, -0.15) is 9.94 Å². The molecular weight excluding hydrogens is 266 g/mol. The third-order valence-corrected chi connectivity index (χ3v) is 2.92. The summed E-state index contributed by atoms with van der Waals surface area (Å²) in [5.74, 6) is 0.616. The first-order chi connectivity index (χ1) is 10.4. The summed E-state index contributed by atoms with van der Waals surface area (Å²) in [6.07, 6.45) is 1.46. The molecule has 0 bridgehead atoms. The summed E-state index contributed by atoms with van der Waals surface area (Å²) in [7, 11) is 0. The van der Waals surface area contributed by atoms with Crippen LogP contribution in [0, 0.1) is 11.3 Å². The number of ether oxygens (including phenoxy) is 1. The molecule has 1 aromatic heterocycles. The second-order valence-electron chi connectivity index (χ2n) is 4.32. The molecule has 1 heterocycles. The van der Waals surface area contributed by atoms with Crippen LogP contribution in [0.15, 0.2) is 54.9 Å². The molecule has 0 N–H and O–H groups in total. The van der Waals surface area contributed by atoms with Gasteiger partial charge in [-0.15, -0.1) is 5.10 Å². The number of tetrazole rings is 1. The van der Waals surface area contributed by atoms with Gasteiger partial charge in [-0.1, -0.05) is 30.3 Å². The zero-order valence-corrected chi connectivity index (χ0v) is 11.0. The molecule has 0 saturated carbocycles. The van der Waals surface area contributed by atoms with Crippen LogP contribution >= 0.6 is 0 Å². The van der Waals surface area contributed by atoms with Gasteiger partial charge in [-0.3, -0.25) is 0 Å². The van der Waals surface area contributed by atoms with E-state index in [9.17, 15) is 0 Å². The number of nitriles is 1. The van der Waals surface area contributed by atoms with E-state index in [0.29, 0.717) is 23.6 Å². The largest absolute Gasteiger partial charge is 0.487 e. The van der Waals surface area contributed by atoms with Crippen LogP contribution in [-0.2, 0) is 6.61 Å². The molecule has 0 unspecified atom stereocenters. The van der Waals surface area contributed by atoms with Gasteiger partial charge in [0.2, 0.25) is 0 Å². The summed E-state index contributed by atoms with van der Waals surface area (Å²) in [5, 5.41) is 20.1. The van der Waals surface area contributed by atoms with Crippen molar-refractivity contribution in [2.75, 3.05) is 0 Å². The van der Waals surface area contributed by atoms with Gasteiger partial charge >= 0.3 is 0 Å². The van der Waals surface area contributed by atoms with Crippen molar-refractivity contribution >= 4 is 0 Å². The minimum Gasteiger partial charge on any atom is -0.487 e. The van der Waals surface area contributed by atoms with E-state index in [1.807, 2.05) is 30.3 Å². The van der Waals surface area contributed by atoms with E-state index in [2.05, 4.69) is 21.6 Å². The molecule has 3 rings (SSSR count). The lowest BCUT2D eigenvalue weighted by atomic mass is 10.2. The lowest BCUT2D eigenvalue weighted by Crippen LogP contribution is -2.02. The van der Waals surface area contributed by atoms with Gasteiger partial charge in [0.25, 0.3) is 0 Å². The van der Waals surface area contributed by atoms with Crippen LogP contribution in [0.4, 0.5) is 0 Å². The third kappa shape index (κ3) is 2.87. The van der Waals surface area contributed by atoms with Gasteiger partial charge in [0.15, 0.2) is 0 Å². The van der Waals surface area contributed by atoms with Crippen LogP contribution < -0.4 is 4.74 Å². The Labute approximate surface area is 121 Å². The Morgan fingerprint density at radius 1 is 1.14 bits per heavy atom. The van der Waals surface area contributed by atoms with Crippen LogP contribution in [0.3, 0.4) is 0 Å². The highest BCUT2D eigenvalue weighted by Crippen LogP contribution is 2.24. The first kappa shape index (κ1) is 12.8. The fourth-order valence-corrected chi connectivity index (χ4v) is 1.90. The Morgan fingerprint density at radius 3 is 2.71 bits per heavy atom. The smallest absolute Gasteiger partial charge is 0.145 e. The Kier molecular flexibility index (Phi) is 3.56. The summed E-state index contributed by atoms with van der Waals surface area (Å²) in [6.45, 7) is 0.432. The van der Waals surface area contributed by atoms with Gasteiger partial charge in [0.05, 0.1) is 11.6 Å². The summed E-state index contributed by atoms with van der Waals surface area (Å²) in [6, 6.07) is 17.1. The standard InChI is InChI=1S/C15H11N5O/c16-9-13-6-7-15(14(8-13)20-11-17-18-19-20)21-10-12-4-2-1-3-5-12/h1-8,11H,10H2. The molecule has 0 fully saturated rings. The molecule has 6 nitrogen and oxygen atoms in total. The number of hydrogen-bond acceptors (Lipinski definition) is 5. The second kappa shape index (κ2) is 5.84. The van der Waals surface area contributed by atoms with E-state index >= 15 is 0 Å². The van der Waals surface area contributed by atoms with Gasteiger partial charge < -0.3 is 4.74 Å². The summed E-state index contributed by atoms with van der Waals surface area (Å²) in [5.41, 5.74) is 2.21. The molecule has 0 spiro atoms. The van der Waals surface area contributed by atoms with E-state index in [1.54, 1.807) is 18.2 Å². The van der Waals surface area contributed by atoms with Crippen LogP contribution in [0.1, 0.15) is 11.1 Å². The van der Waals surface area contributed by atoms with Crippen LogP contribution in [-0.4, -0.2) is 20.2 Å². The number of benzene rings is 2. The first-order valence-electron chi connectivity index (χ1n) is 6.31. The maximum absolute atomic E-state index is 9.01. The van der Waals surface area contributed by atoms with Gasteiger partial charge in [-0.05, 0) is 34.2 Å². The van der Waals surface area contributed by atoms with Crippen molar-refractivity contribution in [2.45, 2.75) is 6.61 Å². The maximum Gasteiger partial charge on any atom is 0.145 e. The molecule has 21 heavy (non-hydrogen) atoms. The zero-order chi connectivity index (χ0) is 14.5. The lowest BCUT2D eigenvalue weighted by Gasteiger charge is -2.11. The number of aromatic nitrogens is 4. The molecule has 0 amide bonds. The average Bonchev–Trinajstić information content (AvgIpc) is 3.08. The zero-order valence-electron chi connectivity index (χ0n) is 11.0. The Morgan fingerprint density at radius 2 is 2.00 bits per heavy atom. The van der Waals surface area contributed by atoms with E-state index in [0.717, 1.165) is 5.56 Å². The summed E-state index contributed by atoms with van der Waals surface area (Å²) >= 11 is 0. The van der Waals surface area contributed by atoms with Crippen molar-refractivity contribution in [2.24, 2.45) is 0 Å². The molecule has 0 aliphatic carbocycles. The second-order valence-corrected chi connectivity index (χ2v) is 4.32. The molecule has 0 aliphatic heterocycles. The van der Waals surface area contributed by atoms with Gasteiger partial charge in [0.1, 0.15) is 24.4 Å². The highest BCUT2D eigenvalue weighted by Gasteiger charge is 2.09. The number of nitrogens with zero attached hydrogens (tertiary/aromatic N) is 5. The predicted octanol–water partition coefficient (Wildman–Crippen LogP) is 2.11. The van der Waals surface area contributed by atoms with Gasteiger partial charge in [0, 0.05) is 0 Å². The molecular formula is C15H11N5O. The third-order valence-electron chi connectivity index (χ3n) is 2.92. The van der Waals surface area contributed by atoms with E-state index in [1.165, 1.54) is 11.0 Å². The quantitative estimate of drug-likeness (QED) is 0.730. The molecule has 102 valence electrons. The van der Waals surface area contributed by atoms with Crippen molar-refractivity contribution < 1.29 is 4.74 Å². The number of rotatable bonds is 4. The lowest BCUT2D eigenvalue weighted by molar-refractivity contribution is 0.304. The van der Waals surface area contributed by atoms with E-state index in [4.69, 9.17) is 10.00 Å².